The predicted molar refractivity (Wildman–Crippen MR) is 87.3 cm³/mol. The van der Waals surface area contributed by atoms with Crippen LogP contribution in [0.15, 0.2) is 30.3 Å². The van der Waals surface area contributed by atoms with Gasteiger partial charge in [0.1, 0.15) is 0 Å². The van der Waals surface area contributed by atoms with Gasteiger partial charge in [0, 0.05) is 19.3 Å². The van der Waals surface area contributed by atoms with Crippen molar-refractivity contribution in [3.05, 3.63) is 35.9 Å². The average molecular weight is 287 g/mol. The van der Waals surface area contributed by atoms with Crippen LogP contribution in [0, 0.1) is 11.8 Å². The maximum absolute atomic E-state index is 5.48. The van der Waals surface area contributed by atoms with E-state index >= 15 is 0 Å². The van der Waals surface area contributed by atoms with Crippen LogP contribution in [0.25, 0.3) is 0 Å². The van der Waals surface area contributed by atoms with E-state index in [1.165, 1.54) is 50.5 Å². The number of ether oxygens (including phenoxy) is 1. The molecule has 1 aliphatic heterocycles. The fourth-order valence-electron chi connectivity index (χ4n) is 3.93. The van der Waals surface area contributed by atoms with Crippen molar-refractivity contribution in [2.75, 3.05) is 19.8 Å². The summed E-state index contributed by atoms with van der Waals surface area (Å²) < 4.78 is 5.48. The molecule has 1 aliphatic carbocycles. The minimum absolute atomic E-state index is 0.550. The lowest BCUT2D eigenvalue weighted by atomic mass is 9.81. The molecule has 116 valence electrons. The van der Waals surface area contributed by atoms with Gasteiger partial charge in [0.25, 0.3) is 0 Å². The monoisotopic (exact) mass is 287 g/mol. The Morgan fingerprint density at radius 2 is 1.67 bits per heavy atom. The van der Waals surface area contributed by atoms with Gasteiger partial charge in [0.15, 0.2) is 0 Å². The van der Waals surface area contributed by atoms with Crippen LogP contribution in [0.4, 0.5) is 0 Å². The Kier molecular flexibility index (Phi) is 5.70. The first-order chi connectivity index (χ1) is 10.4. The Morgan fingerprint density at radius 3 is 2.38 bits per heavy atom. The number of nitrogens with one attached hydrogen (secondary N) is 1. The number of benzene rings is 1. The third-order valence-electron chi connectivity index (χ3n) is 5.25. The third kappa shape index (κ3) is 4.31. The largest absolute Gasteiger partial charge is 0.381 e. The molecule has 0 aromatic heterocycles. The highest BCUT2D eigenvalue weighted by atomic mass is 16.5. The Bertz CT molecular complexity index is 393. The van der Waals surface area contributed by atoms with Crippen LogP contribution >= 0.6 is 0 Å². The second-order valence-electron chi connectivity index (χ2n) is 6.75. The molecule has 0 bridgehead atoms. The maximum Gasteiger partial charge on any atom is 0.0469 e. The molecular formula is C19H29NO. The first-order valence-electron chi connectivity index (χ1n) is 8.79. The number of rotatable bonds is 5. The van der Waals surface area contributed by atoms with Crippen molar-refractivity contribution in [1.82, 2.24) is 5.32 Å². The van der Waals surface area contributed by atoms with Gasteiger partial charge >= 0.3 is 0 Å². The molecule has 0 spiro atoms. The summed E-state index contributed by atoms with van der Waals surface area (Å²) in [6, 6.07) is 11.6. The molecule has 21 heavy (non-hydrogen) atoms. The molecule has 2 aliphatic rings. The van der Waals surface area contributed by atoms with Gasteiger partial charge < -0.3 is 10.1 Å². The molecule has 2 heteroatoms. The number of hydrogen-bond donors (Lipinski definition) is 1. The molecule has 1 atom stereocenters. The van der Waals surface area contributed by atoms with Gasteiger partial charge in [-0.25, -0.2) is 0 Å². The molecule has 0 amide bonds. The summed E-state index contributed by atoms with van der Waals surface area (Å²) in [5, 5.41) is 3.92. The van der Waals surface area contributed by atoms with E-state index in [4.69, 9.17) is 4.74 Å². The zero-order valence-corrected chi connectivity index (χ0v) is 13.1. The van der Waals surface area contributed by atoms with Crippen molar-refractivity contribution in [1.29, 1.82) is 0 Å². The van der Waals surface area contributed by atoms with E-state index < -0.39 is 0 Å². The van der Waals surface area contributed by atoms with E-state index in [-0.39, 0.29) is 0 Å². The molecule has 1 aromatic rings. The van der Waals surface area contributed by atoms with Gasteiger partial charge in [-0.2, -0.15) is 0 Å². The van der Waals surface area contributed by atoms with Crippen LogP contribution in [-0.4, -0.2) is 19.8 Å². The SMILES string of the molecule is c1ccc(C(NCC2CCOCC2)C2CCCCC2)cc1. The van der Waals surface area contributed by atoms with Gasteiger partial charge in [-0.1, -0.05) is 49.6 Å². The highest BCUT2D eigenvalue weighted by Gasteiger charge is 2.25. The van der Waals surface area contributed by atoms with Crippen LogP contribution < -0.4 is 5.32 Å². The second kappa shape index (κ2) is 7.95. The lowest BCUT2D eigenvalue weighted by Crippen LogP contribution is -2.35. The van der Waals surface area contributed by atoms with Gasteiger partial charge in [-0.05, 0) is 49.6 Å². The van der Waals surface area contributed by atoms with Crippen molar-refractivity contribution in [2.45, 2.75) is 51.0 Å². The van der Waals surface area contributed by atoms with Gasteiger partial charge in [-0.3, -0.25) is 0 Å². The first kappa shape index (κ1) is 15.1. The van der Waals surface area contributed by atoms with Gasteiger partial charge in [-0.15, -0.1) is 0 Å². The summed E-state index contributed by atoms with van der Waals surface area (Å²) in [6.07, 6.45) is 9.47. The highest BCUT2D eigenvalue weighted by Crippen LogP contribution is 2.34. The average Bonchev–Trinajstić information content (AvgIpc) is 2.58. The highest BCUT2D eigenvalue weighted by molar-refractivity contribution is 5.20. The molecule has 2 fully saturated rings. The van der Waals surface area contributed by atoms with Crippen molar-refractivity contribution in [3.8, 4) is 0 Å². The fourth-order valence-corrected chi connectivity index (χ4v) is 3.93. The first-order valence-corrected chi connectivity index (χ1v) is 8.79. The zero-order chi connectivity index (χ0) is 14.3. The van der Waals surface area contributed by atoms with E-state index in [1.54, 1.807) is 0 Å². The van der Waals surface area contributed by atoms with Crippen molar-refractivity contribution < 1.29 is 4.74 Å². The van der Waals surface area contributed by atoms with Crippen LogP contribution in [-0.2, 0) is 4.74 Å². The minimum Gasteiger partial charge on any atom is -0.381 e. The van der Waals surface area contributed by atoms with Gasteiger partial charge in [0.2, 0.25) is 0 Å². The van der Waals surface area contributed by atoms with Crippen LogP contribution in [0.3, 0.4) is 0 Å². The zero-order valence-electron chi connectivity index (χ0n) is 13.1. The summed E-state index contributed by atoms with van der Waals surface area (Å²) in [5.74, 6) is 1.62. The molecular weight excluding hydrogens is 258 g/mol. The molecule has 2 nitrogen and oxygen atoms in total. The topological polar surface area (TPSA) is 21.3 Å². The quantitative estimate of drug-likeness (QED) is 0.870. The van der Waals surface area contributed by atoms with Crippen molar-refractivity contribution in [2.24, 2.45) is 11.8 Å². The van der Waals surface area contributed by atoms with Crippen LogP contribution in [0.5, 0.6) is 0 Å². The maximum atomic E-state index is 5.48. The van der Waals surface area contributed by atoms with Crippen molar-refractivity contribution >= 4 is 0 Å². The van der Waals surface area contributed by atoms with Gasteiger partial charge in [0.05, 0.1) is 0 Å². The summed E-state index contributed by atoms with van der Waals surface area (Å²) >= 11 is 0. The molecule has 3 rings (SSSR count). The van der Waals surface area contributed by atoms with Crippen molar-refractivity contribution in [3.63, 3.8) is 0 Å². The fraction of sp³-hybridized carbons (Fsp3) is 0.684. The van der Waals surface area contributed by atoms with Crippen LogP contribution in [0.2, 0.25) is 0 Å². The summed E-state index contributed by atoms with van der Waals surface area (Å²) in [5.41, 5.74) is 1.48. The molecule has 0 radical (unpaired) electrons. The summed E-state index contributed by atoms with van der Waals surface area (Å²) in [7, 11) is 0. The standard InChI is InChI=1S/C19H29NO/c1-3-7-17(8-4-1)19(18-9-5-2-6-10-18)20-15-16-11-13-21-14-12-16/h1,3-4,7-8,16,18-20H,2,5-6,9-15H2. The minimum atomic E-state index is 0.550. The van der Waals surface area contributed by atoms with Crippen LogP contribution in [0.1, 0.15) is 56.6 Å². The normalized spacial score (nSPS) is 23.0. The Morgan fingerprint density at radius 1 is 0.952 bits per heavy atom. The Labute approximate surface area is 129 Å². The Hall–Kier alpha value is -0.860. The molecule has 1 aromatic carbocycles. The molecule has 1 heterocycles. The van der Waals surface area contributed by atoms with E-state index in [2.05, 4.69) is 35.6 Å². The lowest BCUT2D eigenvalue weighted by molar-refractivity contribution is 0.0642. The summed E-state index contributed by atoms with van der Waals surface area (Å²) in [6.45, 7) is 3.05. The van der Waals surface area contributed by atoms with E-state index in [1.807, 2.05) is 0 Å². The Balaban J connectivity index is 1.63. The molecule has 1 N–H and O–H groups in total. The number of hydrogen-bond acceptors (Lipinski definition) is 2. The van der Waals surface area contributed by atoms with E-state index in [0.29, 0.717) is 6.04 Å². The molecule has 1 saturated heterocycles. The smallest absolute Gasteiger partial charge is 0.0469 e. The lowest BCUT2D eigenvalue weighted by Gasteiger charge is -2.33. The second-order valence-corrected chi connectivity index (χ2v) is 6.75. The van der Waals surface area contributed by atoms with E-state index in [9.17, 15) is 0 Å². The third-order valence-corrected chi connectivity index (χ3v) is 5.25. The predicted octanol–water partition coefficient (Wildman–Crippen LogP) is 4.32. The van der Waals surface area contributed by atoms with E-state index in [0.717, 1.165) is 31.6 Å². The summed E-state index contributed by atoms with van der Waals surface area (Å²) in [4.78, 5) is 0. The molecule has 1 unspecified atom stereocenters. The molecule has 1 saturated carbocycles.